The number of hydrogen-bond donors (Lipinski definition) is 2. The van der Waals surface area contributed by atoms with Gasteiger partial charge in [0.05, 0.1) is 0 Å². The summed E-state index contributed by atoms with van der Waals surface area (Å²) in [6, 6.07) is 0. The Morgan fingerprint density at radius 3 is 1.90 bits per heavy atom. The van der Waals surface area contributed by atoms with E-state index in [2.05, 4.69) is 59.0 Å². The SMILES string of the molecule is CC(CN)C(C)C(N)(I)I. The van der Waals surface area contributed by atoms with Gasteiger partial charge >= 0.3 is 0 Å². The standard InChI is InChI=1S/C6H14I2N2/c1-4(3-9)5(2)6(7,8)10/h4-5H,3,9-10H2,1-2H3. The van der Waals surface area contributed by atoms with Crippen LogP contribution in [0.1, 0.15) is 13.8 Å². The topological polar surface area (TPSA) is 52.0 Å². The lowest BCUT2D eigenvalue weighted by Gasteiger charge is -2.27. The van der Waals surface area contributed by atoms with E-state index in [0.29, 0.717) is 18.4 Å². The molecule has 0 fully saturated rings. The third-order valence-electron chi connectivity index (χ3n) is 1.83. The maximum absolute atomic E-state index is 5.87. The summed E-state index contributed by atoms with van der Waals surface area (Å²) in [6.07, 6.45) is 0. The summed E-state index contributed by atoms with van der Waals surface area (Å²) in [5.74, 6) is 0.956. The predicted octanol–water partition coefficient (Wildman–Crippen LogP) is 1.70. The Bertz CT molecular complexity index is 100. The molecule has 4 heteroatoms. The number of rotatable bonds is 3. The maximum Gasteiger partial charge on any atom is 0.123 e. The van der Waals surface area contributed by atoms with Crippen LogP contribution >= 0.6 is 45.2 Å². The van der Waals surface area contributed by atoms with Crippen molar-refractivity contribution < 1.29 is 0 Å². The molecule has 0 radical (unpaired) electrons. The van der Waals surface area contributed by atoms with Crippen LogP contribution in [0.2, 0.25) is 0 Å². The highest BCUT2D eigenvalue weighted by atomic mass is 127. The summed E-state index contributed by atoms with van der Waals surface area (Å²) in [5, 5.41) is 0. The van der Waals surface area contributed by atoms with E-state index >= 15 is 0 Å². The lowest BCUT2D eigenvalue weighted by molar-refractivity contribution is 0.388. The molecule has 0 aliphatic heterocycles. The molecule has 0 aliphatic carbocycles. The van der Waals surface area contributed by atoms with Gasteiger partial charge in [0.15, 0.2) is 0 Å². The van der Waals surface area contributed by atoms with Crippen LogP contribution in [0.15, 0.2) is 0 Å². The van der Waals surface area contributed by atoms with Crippen LogP contribution < -0.4 is 11.5 Å². The van der Waals surface area contributed by atoms with E-state index in [1.807, 2.05) is 0 Å². The van der Waals surface area contributed by atoms with Gasteiger partial charge in [-0.05, 0) is 63.6 Å². The van der Waals surface area contributed by atoms with Gasteiger partial charge in [0, 0.05) is 0 Å². The minimum Gasteiger partial charge on any atom is -0.330 e. The van der Waals surface area contributed by atoms with E-state index in [1.165, 1.54) is 0 Å². The van der Waals surface area contributed by atoms with E-state index in [-0.39, 0.29) is 1.55 Å². The largest absolute Gasteiger partial charge is 0.330 e. The molecule has 0 bridgehead atoms. The fraction of sp³-hybridized carbons (Fsp3) is 1.00. The molecule has 0 spiro atoms. The first kappa shape index (κ1) is 11.4. The molecular weight excluding hydrogens is 354 g/mol. The predicted molar refractivity (Wildman–Crippen MR) is 62.3 cm³/mol. The summed E-state index contributed by atoms with van der Waals surface area (Å²) in [7, 11) is 0. The molecule has 0 aliphatic rings. The average Bonchev–Trinajstić information content (AvgIpc) is 1.83. The molecule has 0 amide bonds. The van der Waals surface area contributed by atoms with Crippen molar-refractivity contribution in [3.63, 3.8) is 0 Å². The highest BCUT2D eigenvalue weighted by molar-refractivity contribution is 14.2. The molecule has 0 rings (SSSR count). The minimum absolute atomic E-state index is 0.158. The molecule has 2 nitrogen and oxygen atoms in total. The van der Waals surface area contributed by atoms with Crippen molar-refractivity contribution in [1.29, 1.82) is 0 Å². The highest BCUT2D eigenvalue weighted by Gasteiger charge is 2.28. The van der Waals surface area contributed by atoms with Crippen molar-refractivity contribution in [2.24, 2.45) is 23.3 Å². The van der Waals surface area contributed by atoms with Crippen molar-refractivity contribution in [2.75, 3.05) is 6.54 Å². The van der Waals surface area contributed by atoms with Crippen LogP contribution in [0, 0.1) is 11.8 Å². The summed E-state index contributed by atoms with van der Waals surface area (Å²) >= 11 is 4.50. The summed E-state index contributed by atoms with van der Waals surface area (Å²) in [5.41, 5.74) is 11.4. The summed E-state index contributed by atoms with van der Waals surface area (Å²) in [6.45, 7) is 4.98. The summed E-state index contributed by atoms with van der Waals surface area (Å²) < 4.78 is -0.158. The Morgan fingerprint density at radius 1 is 1.40 bits per heavy atom. The van der Waals surface area contributed by atoms with Crippen LogP contribution in [0.4, 0.5) is 0 Å². The normalized spacial score (nSPS) is 18.6. The molecule has 2 atom stereocenters. The van der Waals surface area contributed by atoms with Gasteiger partial charge in [-0.25, -0.2) is 0 Å². The van der Waals surface area contributed by atoms with Gasteiger partial charge in [-0.3, -0.25) is 0 Å². The molecule has 0 aromatic rings. The second-order valence-electron chi connectivity index (χ2n) is 2.68. The van der Waals surface area contributed by atoms with Gasteiger partial charge in [-0.15, -0.1) is 0 Å². The fourth-order valence-electron chi connectivity index (χ4n) is 0.583. The molecule has 2 unspecified atom stereocenters. The number of halogens is 2. The van der Waals surface area contributed by atoms with Gasteiger partial charge in [0.1, 0.15) is 1.55 Å². The van der Waals surface area contributed by atoms with Gasteiger partial charge in [-0.2, -0.15) is 0 Å². The highest BCUT2D eigenvalue weighted by Crippen LogP contribution is 2.34. The molecule has 0 aromatic carbocycles. The number of alkyl halides is 2. The minimum atomic E-state index is -0.158. The van der Waals surface area contributed by atoms with Crippen molar-refractivity contribution in [3.05, 3.63) is 0 Å². The molecule has 0 aromatic heterocycles. The molecule has 0 saturated heterocycles. The number of hydrogen-bond acceptors (Lipinski definition) is 2. The van der Waals surface area contributed by atoms with Gasteiger partial charge in [0.25, 0.3) is 0 Å². The molecule has 4 N–H and O–H groups in total. The first-order valence-corrected chi connectivity index (χ1v) is 5.42. The molecule has 0 saturated carbocycles. The Morgan fingerprint density at radius 2 is 1.80 bits per heavy atom. The van der Waals surface area contributed by atoms with E-state index in [4.69, 9.17) is 11.5 Å². The van der Waals surface area contributed by atoms with Crippen LogP contribution in [0.25, 0.3) is 0 Å². The maximum atomic E-state index is 5.87. The smallest absolute Gasteiger partial charge is 0.123 e. The fourth-order valence-corrected chi connectivity index (χ4v) is 1.81. The number of nitrogens with two attached hydrogens (primary N) is 2. The molecule has 10 heavy (non-hydrogen) atoms. The first-order chi connectivity index (χ1) is 4.39. The zero-order valence-corrected chi connectivity index (χ0v) is 10.6. The van der Waals surface area contributed by atoms with E-state index in [9.17, 15) is 0 Å². The van der Waals surface area contributed by atoms with E-state index in [1.54, 1.807) is 0 Å². The lowest BCUT2D eigenvalue weighted by atomic mass is 9.97. The van der Waals surface area contributed by atoms with Gasteiger partial charge < -0.3 is 11.5 Å². The third-order valence-corrected chi connectivity index (χ3v) is 3.80. The van der Waals surface area contributed by atoms with Crippen LogP contribution in [0.5, 0.6) is 0 Å². The molecular formula is C6H14I2N2. The zero-order chi connectivity index (χ0) is 8.36. The molecule has 0 heterocycles. The first-order valence-electron chi connectivity index (χ1n) is 3.26. The Labute approximate surface area is 89.8 Å². The third kappa shape index (κ3) is 3.68. The average molecular weight is 368 g/mol. The van der Waals surface area contributed by atoms with Crippen molar-refractivity contribution >= 4 is 45.2 Å². The van der Waals surface area contributed by atoms with Crippen molar-refractivity contribution in [1.82, 2.24) is 0 Å². The summed E-state index contributed by atoms with van der Waals surface area (Å²) in [4.78, 5) is 0. The van der Waals surface area contributed by atoms with E-state index in [0.717, 1.165) is 0 Å². The Kier molecular flexibility index (Phi) is 5.03. The quantitative estimate of drug-likeness (QED) is 0.453. The van der Waals surface area contributed by atoms with Crippen LogP contribution in [-0.4, -0.2) is 8.10 Å². The Hall–Kier alpha value is 1.38. The Balaban J connectivity index is 3.94. The zero-order valence-electron chi connectivity index (χ0n) is 6.27. The second-order valence-corrected chi connectivity index (χ2v) is 8.31. The lowest BCUT2D eigenvalue weighted by Crippen LogP contribution is -2.38. The van der Waals surface area contributed by atoms with Gasteiger partial charge in [-0.1, -0.05) is 13.8 Å². The second kappa shape index (κ2) is 4.42. The van der Waals surface area contributed by atoms with Gasteiger partial charge in [0.2, 0.25) is 0 Å². The molecule has 62 valence electrons. The van der Waals surface area contributed by atoms with Crippen molar-refractivity contribution in [3.8, 4) is 0 Å². The van der Waals surface area contributed by atoms with E-state index < -0.39 is 0 Å². The monoisotopic (exact) mass is 368 g/mol. The van der Waals surface area contributed by atoms with Crippen molar-refractivity contribution in [2.45, 2.75) is 15.4 Å². The van der Waals surface area contributed by atoms with Crippen LogP contribution in [0.3, 0.4) is 0 Å². The van der Waals surface area contributed by atoms with Crippen LogP contribution in [-0.2, 0) is 0 Å².